The molecule has 1 aromatic rings. The number of nitrogens with one attached hydrogen (secondary N) is 3. The van der Waals surface area contributed by atoms with E-state index in [-0.39, 0.29) is 12.1 Å². The third-order valence-electron chi connectivity index (χ3n) is 2.73. The number of carbonyl (C=O) groups is 2. The SMILES string of the molecule is N#C/C(=C/NCCCNC=O)C(=O)NCc1ccccc1Cl. The lowest BCUT2D eigenvalue weighted by Crippen LogP contribution is -2.26. The number of carbonyl (C=O) groups excluding carboxylic acids is 2. The lowest BCUT2D eigenvalue weighted by molar-refractivity contribution is -0.117. The summed E-state index contributed by atoms with van der Waals surface area (Å²) in [6.07, 6.45) is 2.68. The molecule has 0 saturated heterocycles. The van der Waals surface area contributed by atoms with Gasteiger partial charge in [-0.3, -0.25) is 9.59 Å². The molecule has 0 unspecified atom stereocenters. The number of amides is 2. The molecule has 2 amide bonds. The molecule has 6 nitrogen and oxygen atoms in total. The number of hydrogen-bond acceptors (Lipinski definition) is 4. The van der Waals surface area contributed by atoms with E-state index in [0.717, 1.165) is 5.56 Å². The van der Waals surface area contributed by atoms with Crippen LogP contribution in [0, 0.1) is 11.3 Å². The van der Waals surface area contributed by atoms with Crippen LogP contribution in [0.3, 0.4) is 0 Å². The quantitative estimate of drug-likeness (QED) is 0.275. The normalized spacial score (nSPS) is 10.5. The third kappa shape index (κ3) is 6.29. The van der Waals surface area contributed by atoms with Crippen LogP contribution in [-0.2, 0) is 16.1 Å². The number of rotatable bonds is 9. The lowest BCUT2D eigenvalue weighted by Gasteiger charge is -2.06. The van der Waals surface area contributed by atoms with Gasteiger partial charge in [0.1, 0.15) is 11.6 Å². The van der Waals surface area contributed by atoms with Crippen molar-refractivity contribution in [2.24, 2.45) is 0 Å². The van der Waals surface area contributed by atoms with Crippen molar-refractivity contribution in [3.05, 3.63) is 46.6 Å². The molecule has 7 heteroatoms. The summed E-state index contributed by atoms with van der Waals surface area (Å²) in [5, 5.41) is 17.6. The van der Waals surface area contributed by atoms with Gasteiger partial charge in [0.15, 0.2) is 0 Å². The molecule has 0 atom stereocenters. The minimum Gasteiger partial charge on any atom is -0.390 e. The fraction of sp³-hybridized carbons (Fsp3) is 0.267. The molecule has 0 fully saturated rings. The molecule has 0 radical (unpaired) electrons. The van der Waals surface area contributed by atoms with Crippen LogP contribution in [0.2, 0.25) is 5.02 Å². The Bertz CT molecular complexity index is 581. The van der Waals surface area contributed by atoms with E-state index in [9.17, 15) is 9.59 Å². The van der Waals surface area contributed by atoms with Crippen molar-refractivity contribution in [2.45, 2.75) is 13.0 Å². The zero-order valence-corrected chi connectivity index (χ0v) is 12.7. The minimum absolute atomic E-state index is 0.0181. The molecule has 116 valence electrons. The molecular formula is C15H17ClN4O2. The summed E-state index contributed by atoms with van der Waals surface area (Å²) in [6, 6.07) is 9.00. The molecule has 0 aliphatic carbocycles. The van der Waals surface area contributed by atoms with Gasteiger partial charge in [0, 0.05) is 30.9 Å². The van der Waals surface area contributed by atoms with Gasteiger partial charge in [0.05, 0.1) is 0 Å². The van der Waals surface area contributed by atoms with Crippen LogP contribution >= 0.6 is 11.6 Å². The smallest absolute Gasteiger partial charge is 0.263 e. The second-order valence-electron chi connectivity index (χ2n) is 4.32. The highest BCUT2D eigenvalue weighted by Crippen LogP contribution is 2.14. The van der Waals surface area contributed by atoms with E-state index in [2.05, 4.69) is 16.0 Å². The molecule has 0 heterocycles. The van der Waals surface area contributed by atoms with Gasteiger partial charge in [-0.2, -0.15) is 5.26 Å². The summed E-state index contributed by atoms with van der Waals surface area (Å²) in [6.45, 7) is 1.33. The van der Waals surface area contributed by atoms with Crippen LogP contribution in [-0.4, -0.2) is 25.4 Å². The van der Waals surface area contributed by atoms with Crippen LogP contribution in [0.1, 0.15) is 12.0 Å². The maximum absolute atomic E-state index is 11.9. The maximum Gasteiger partial charge on any atom is 0.263 e. The monoisotopic (exact) mass is 320 g/mol. The van der Waals surface area contributed by atoms with Crippen molar-refractivity contribution in [2.75, 3.05) is 13.1 Å². The summed E-state index contributed by atoms with van der Waals surface area (Å²) in [4.78, 5) is 21.9. The highest BCUT2D eigenvalue weighted by molar-refractivity contribution is 6.31. The Morgan fingerprint density at radius 1 is 1.27 bits per heavy atom. The highest BCUT2D eigenvalue weighted by atomic mass is 35.5. The number of nitriles is 1. The molecule has 3 N–H and O–H groups in total. The van der Waals surface area contributed by atoms with Crippen LogP contribution in [0.15, 0.2) is 36.0 Å². The van der Waals surface area contributed by atoms with Crippen molar-refractivity contribution in [1.29, 1.82) is 5.26 Å². The van der Waals surface area contributed by atoms with Crippen molar-refractivity contribution in [1.82, 2.24) is 16.0 Å². The zero-order valence-electron chi connectivity index (χ0n) is 11.9. The van der Waals surface area contributed by atoms with Crippen LogP contribution in [0.5, 0.6) is 0 Å². The summed E-state index contributed by atoms with van der Waals surface area (Å²) in [5.74, 6) is -0.471. The molecular weight excluding hydrogens is 304 g/mol. The number of benzene rings is 1. The van der Waals surface area contributed by atoms with Crippen LogP contribution in [0.25, 0.3) is 0 Å². The number of nitrogens with zero attached hydrogens (tertiary/aromatic N) is 1. The largest absolute Gasteiger partial charge is 0.390 e. The van der Waals surface area contributed by atoms with Gasteiger partial charge in [0.25, 0.3) is 5.91 Å². The zero-order chi connectivity index (χ0) is 16.2. The van der Waals surface area contributed by atoms with Gasteiger partial charge < -0.3 is 16.0 Å². The fourth-order valence-corrected chi connectivity index (χ4v) is 1.79. The average molecular weight is 321 g/mol. The molecule has 0 spiro atoms. The first kappa shape index (κ1) is 17.5. The Morgan fingerprint density at radius 3 is 2.68 bits per heavy atom. The van der Waals surface area contributed by atoms with E-state index in [1.807, 2.05) is 12.1 Å². The van der Waals surface area contributed by atoms with E-state index < -0.39 is 5.91 Å². The lowest BCUT2D eigenvalue weighted by atomic mass is 10.2. The molecule has 0 bridgehead atoms. The molecule has 0 aromatic heterocycles. The molecule has 0 aliphatic heterocycles. The summed E-state index contributed by atoms with van der Waals surface area (Å²) in [5.41, 5.74) is 0.762. The Labute approximate surface area is 134 Å². The second-order valence-corrected chi connectivity index (χ2v) is 4.73. The van der Waals surface area contributed by atoms with Crippen molar-refractivity contribution >= 4 is 23.9 Å². The van der Waals surface area contributed by atoms with Gasteiger partial charge in [-0.05, 0) is 18.1 Å². The van der Waals surface area contributed by atoms with Gasteiger partial charge in [0.2, 0.25) is 6.41 Å². The van der Waals surface area contributed by atoms with Gasteiger partial charge >= 0.3 is 0 Å². The van der Waals surface area contributed by atoms with Crippen molar-refractivity contribution < 1.29 is 9.59 Å². The topological polar surface area (TPSA) is 94.0 Å². The first-order chi connectivity index (χ1) is 10.7. The predicted molar refractivity (Wildman–Crippen MR) is 83.7 cm³/mol. The van der Waals surface area contributed by atoms with Gasteiger partial charge in [-0.1, -0.05) is 29.8 Å². The van der Waals surface area contributed by atoms with Gasteiger partial charge in [-0.25, -0.2) is 0 Å². The van der Waals surface area contributed by atoms with Crippen molar-refractivity contribution in [3.8, 4) is 6.07 Å². The Hall–Kier alpha value is -2.52. The van der Waals surface area contributed by atoms with E-state index in [1.54, 1.807) is 18.2 Å². The number of hydrogen-bond donors (Lipinski definition) is 3. The fourth-order valence-electron chi connectivity index (χ4n) is 1.59. The third-order valence-corrected chi connectivity index (χ3v) is 3.10. The van der Waals surface area contributed by atoms with E-state index in [0.29, 0.717) is 30.9 Å². The van der Waals surface area contributed by atoms with Crippen molar-refractivity contribution in [3.63, 3.8) is 0 Å². The Balaban J connectivity index is 2.42. The summed E-state index contributed by atoms with van der Waals surface area (Å²) in [7, 11) is 0. The van der Waals surface area contributed by atoms with E-state index in [4.69, 9.17) is 16.9 Å². The average Bonchev–Trinajstić information content (AvgIpc) is 2.53. The Morgan fingerprint density at radius 2 is 2.00 bits per heavy atom. The minimum atomic E-state index is -0.471. The first-order valence-corrected chi connectivity index (χ1v) is 7.09. The summed E-state index contributed by atoms with van der Waals surface area (Å²) < 4.78 is 0. The molecule has 0 aliphatic rings. The molecule has 1 aromatic carbocycles. The van der Waals surface area contributed by atoms with E-state index in [1.165, 1.54) is 6.20 Å². The maximum atomic E-state index is 11.9. The molecule has 22 heavy (non-hydrogen) atoms. The first-order valence-electron chi connectivity index (χ1n) is 6.71. The second kappa shape index (κ2) is 10.2. The molecule has 0 saturated carbocycles. The van der Waals surface area contributed by atoms with E-state index >= 15 is 0 Å². The van der Waals surface area contributed by atoms with Gasteiger partial charge in [-0.15, -0.1) is 0 Å². The number of halogens is 1. The van der Waals surface area contributed by atoms with Crippen LogP contribution in [0.4, 0.5) is 0 Å². The summed E-state index contributed by atoms with van der Waals surface area (Å²) >= 11 is 5.99. The highest BCUT2D eigenvalue weighted by Gasteiger charge is 2.09. The standard InChI is InChI=1S/C15H17ClN4O2/c16-14-5-2-1-4-12(14)10-20-15(22)13(8-17)9-18-6-3-7-19-11-21/h1-2,4-5,9,11,18H,3,6-7,10H2,(H,19,21)(H,20,22)/b13-9-. The Kier molecular flexibility index (Phi) is 8.16. The molecule has 1 rings (SSSR count). The predicted octanol–water partition coefficient (Wildman–Crippen LogP) is 1.09. The van der Waals surface area contributed by atoms with Crippen LogP contribution < -0.4 is 16.0 Å².